The molecule has 1 rings (SSSR count). The highest BCUT2D eigenvalue weighted by Crippen LogP contribution is 1.96. The molecule has 1 aromatic heterocycles. The maximum Gasteiger partial charge on any atom is 0.129 e. The topological polar surface area (TPSA) is 73.8 Å². The number of unbranched alkanes of at least 4 members (excludes halogenated alkanes) is 2. The summed E-state index contributed by atoms with van der Waals surface area (Å²) in [7, 11) is 0. The highest BCUT2D eigenvalue weighted by Gasteiger charge is 1.85. The lowest BCUT2D eigenvalue weighted by atomic mass is 10.2. The molecule has 0 aromatic carbocycles. The normalized spacial score (nSPS) is 9.36. The van der Waals surface area contributed by atoms with Gasteiger partial charge in [0.15, 0.2) is 0 Å². The molecule has 14 heavy (non-hydrogen) atoms. The number of aliphatic hydroxyl groups is 3. The van der Waals surface area contributed by atoms with Crippen molar-refractivity contribution >= 4 is 0 Å². The van der Waals surface area contributed by atoms with E-state index in [2.05, 4.69) is 0 Å². The largest absolute Gasteiger partial charge is 0.467 e. The Kier molecular flexibility index (Phi) is 9.63. The lowest BCUT2D eigenvalue weighted by molar-refractivity contribution is 0.247. The van der Waals surface area contributed by atoms with Crippen LogP contribution < -0.4 is 0 Å². The van der Waals surface area contributed by atoms with E-state index in [0.29, 0.717) is 5.76 Å². The second-order valence-corrected chi connectivity index (χ2v) is 2.75. The van der Waals surface area contributed by atoms with Gasteiger partial charge in [-0.15, -0.1) is 0 Å². The molecule has 4 nitrogen and oxygen atoms in total. The summed E-state index contributed by atoms with van der Waals surface area (Å²) in [6.07, 6.45) is 4.11. The van der Waals surface area contributed by atoms with Crippen molar-refractivity contribution in [2.24, 2.45) is 0 Å². The summed E-state index contributed by atoms with van der Waals surface area (Å²) in [5.74, 6) is 0.611. The van der Waals surface area contributed by atoms with Crippen LogP contribution in [0.2, 0.25) is 0 Å². The predicted octanol–water partition coefficient (Wildman–Crippen LogP) is 0.913. The van der Waals surface area contributed by atoms with Crippen molar-refractivity contribution in [3.05, 3.63) is 24.2 Å². The molecule has 3 N–H and O–H groups in total. The van der Waals surface area contributed by atoms with Crippen LogP contribution >= 0.6 is 0 Å². The van der Waals surface area contributed by atoms with Crippen LogP contribution in [0.15, 0.2) is 22.8 Å². The number of hydrogen-bond donors (Lipinski definition) is 3. The molecule has 0 unspecified atom stereocenters. The van der Waals surface area contributed by atoms with Crippen molar-refractivity contribution in [2.75, 3.05) is 13.2 Å². The van der Waals surface area contributed by atoms with E-state index in [4.69, 9.17) is 19.7 Å². The molecule has 1 heterocycles. The lowest BCUT2D eigenvalue weighted by Crippen LogP contribution is -1.85. The van der Waals surface area contributed by atoms with Gasteiger partial charge in [-0.05, 0) is 31.4 Å². The fourth-order valence-corrected chi connectivity index (χ4v) is 0.803. The van der Waals surface area contributed by atoms with E-state index in [-0.39, 0.29) is 19.8 Å². The fourth-order valence-electron chi connectivity index (χ4n) is 0.803. The van der Waals surface area contributed by atoms with Gasteiger partial charge in [0.25, 0.3) is 0 Å². The highest BCUT2D eigenvalue weighted by molar-refractivity contribution is 4.95. The molecule has 0 amide bonds. The summed E-state index contributed by atoms with van der Waals surface area (Å²) < 4.78 is 4.73. The predicted molar refractivity (Wildman–Crippen MR) is 52.7 cm³/mol. The number of aliphatic hydroxyl groups excluding tert-OH is 3. The van der Waals surface area contributed by atoms with Gasteiger partial charge in [0, 0.05) is 13.2 Å². The second kappa shape index (κ2) is 10.2. The first-order chi connectivity index (χ1) is 6.85. The minimum atomic E-state index is -0.00694. The third-order valence-corrected chi connectivity index (χ3v) is 1.55. The fraction of sp³-hybridized carbons (Fsp3) is 0.600. The summed E-state index contributed by atoms with van der Waals surface area (Å²) in [5.41, 5.74) is 0. The molecule has 0 saturated carbocycles. The third-order valence-electron chi connectivity index (χ3n) is 1.55. The van der Waals surface area contributed by atoms with Crippen molar-refractivity contribution in [1.29, 1.82) is 0 Å². The van der Waals surface area contributed by atoms with Gasteiger partial charge >= 0.3 is 0 Å². The van der Waals surface area contributed by atoms with Crippen molar-refractivity contribution in [1.82, 2.24) is 0 Å². The molecule has 0 atom stereocenters. The Morgan fingerprint density at radius 1 is 1.00 bits per heavy atom. The van der Waals surface area contributed by atoms with Gasteiger partial charge in [-0.3, -0.25) is 0 Å². The number of hydrogen-bond acceptors (Lipinski definition) is 4. The van der Waals surface area contributed by atoms with E-state index in [9.17, 15) is 0 Å². The molecule has 0 bridgehead atoms. The average Bonchev–Trinajstić information content (AvgIpc) is 2.72. The van der Waals surface area contributed by atoms with Crippen molar-refractivity contribution in [3.63, 3.8) is 0 Å². The Labute approximate surface area is 83.8 Å². The van der Waals surface area contributed by atoms with E-state index < -0.39 is 0 Å². The summed E-state index contributed by atoms with van der Waals surface area (Å²) in [4.78, 5) is 0. The lowest BCUT2D eigenvalue weighted by Gasteiger charge is -1.90. The van der Waals surface area contributed by atoms with Crippen LogP contribution in [0.4, 0.5) is 0 Å². The Hall–Kier alpha value is -0.840. The average molecular weight is 202 g/mol. The molecule has 0 aliphatic heterocycles. The monoisotopic (exact) mass is 202 g/mol. The Balaban J connectivity index is 0.000000241. The SMILES string of the molecule is OCCCCCO.OCc1ccco1. The van der Waals surface area contributed by atoms with Crippen molar-refractivity contribution in [3.8, 4) is 0 Å². The molecule has 4 heteroatoms. The van der Waals surface area contributed by atoms with Gasteiger partial charge in [0.2, 0.25) is 0 Å². The molecular formula is C10H18O4. The maximum atomic E-state index is 8.33. The van der Waals surface area contributed by atoms with Crippen LogP contribution in [0, 0.1) is 0 Å². The van der Waals surface area contributed by atoms with Crippen LogP contribution in [0.3, 0.4) is 0 Å². The first kappa shape index (κ1) is 13.2. The summed E-state index contributed by atoms with van der Waals surface area (Å²) in [6, 6.07) is 3.46. The Bertz CT molecular complexity index is 180. The van der Waals surface area contributed by atoms with Gasteiger partial charge in [0.1, 0.15) is 12.4 Å². The van der Waals surface area contributed by atoms with Gasteiger partial charge in [0.05, 0.1) is 6.26 Å². The van der Waals surface area contributed by atoms with Crippen molar-refractivity contribution in [2.45, 2.75) is 25.9 Å². The highest BCUT2D eigenvalue weighted by atomic mass is 16.4. The zero-order valence-corrected chi connectivity index (χ0v) is 8.22. The zero-order chi connectivity index (χ0) is 10.6. The Morgan fingerprint density at radius 2 is 1.64 bits per heavy atom. The van der Waals surface area contributed by atoms with Crippen LogP contribution in [-0.4, -0.2) is 28.5 Å². The van der Waals surface area contributed by atoms with Crippen LogP contribution in [0.25, 0.3) is 0 Å². The first-order valence-electron chi connectivity index (χ1n) is 4.70. The molecule has 0 radical (unpaired) electrons. The van der Waals surface area contributed by atoms with Crippen LogP contribution in [0.1, 0.15) is 25.0 Å². The third kappa shape index (κ3) is 7.79. The second-order valence-electron chi connectivity index (χ2n) is 2.75. The summed E-state index contributed by atoms with van der Waals surface area (Å²) in [5, 5.41) is 24.8. The molecule has 0 spiro atoms. The van der Waals surface area contributed by atoms with Gasteiger partial charge in [-0.2, -0.15) is 0 Å². The van der Waals surface area contributed by atoms with Gasteiger partial charge in [-0.25, -0.2) is 0 Å². The Morgan fingerprint density at radius 3 is 1.93 bits per heavy atom. The minimum Gasteiger partial charge on any atom is -0.467 e. The van der Waals surface area contributed by atoms with Gasteiger partial charge in [-0.1, -0.05) is 0 Å². The van der Waals surface area contributed by atoms with E-state index >= 15 is 0 Å². The van der Waals surface area contributed by atoms with E-state index in [1.165, 1.54) is 6.26 Å². The van der Waals surface area contributed by atoms with E-state index in [1.807, 2.05) is 0 Å². The molecule has 0 aliphatic rings. The van der Waals surface area contributed by atoms with E-state index in [1.54, 1.807) is 12.1 Å². The van der Waals surface area contributed by atoms with Crippen LogP contribution in [-0.2, 0) is 6.61 Å². The zero-order valence-electron chi connectivity index (χ0n) is 8.22. The molecule has 0 fully saturated rings. The van der Waals surface area contributed by atoms with E-state index in [0.717, 1.165) is 19.3 Å². The molecule has 82 valence electrons. The number of rotatable bonds is 5. The molecule has 0 saturated heterocycles. The van der Waals surface area contributed by atoms with Crippen molar-refractivity contribution < 1.29 is 19.7 Å². The van der Waals surface area contributed by atoms with Gasteiger partial charge < -0.3 is 19.7 Å². The first-order valence-corrected chi connectivity index (χ1v) is 4.70. The molecule has 1 aromatic rings. The smallest absolute Gasteiger partial charge is 0.129 e. The molecular weight excluding hydrogens is 184 g/mol. The number of furan rings is 1. The standard InChI is InChI=1S/C5H6O2.C5H12O2/c6-4-5-2-1-3-7-5;6-4-2-1-3-5-7/h1-3,6H,4H2;6-7H,1-5H2. The summed E-state index contributed by atoms with van der Waals surface area (Å²) >= 11 is 0. The quantitative estimate of drug-likeness (QED) is 0.620. The maximum absolute atomic E-state index is 8.33. The van der Waals surface area contributed by atoms with Crippen LogP contribution in [0.5, 0.6) is 0 Å². The minimum absolute atomic E-state index is 0.00694. The molecule has 0 aliphatic carbocycles. The summed E-state index contributed by atoms with van der Waals surface area (Å²) in [6.45, 7) is 0.493.